The van der Waals surface area contributed by atoms with Crippen LogP contribution in [0.5, 0.6) is 0 Å². The quantitative estimate of drug-likeness (QED) is 0.187. The summed E-state index contributed by atoms with van der Waals surface area (Å²) in [5.74, 6) is -0.281. The summed E-state index contributed by atoms with van der Waals surface area (Å²) in [7, 11) is 1.51. The molecule has 1 saturated heterocycles. The van der Waals surface area contributed by atoms with Crippen LogP contribution < -0.4 is 11.1 Å². The number of nitrogens with one attached hydrogen (secondary N) is 1. The number of aliphatic hydroxyl groups excluding tert-OH is 2. The molecule has 0 amide bonds. The van der Waals surface area contributed by atoms with Gasteiger partial charge >= 0.3 is 5.97 Å². The van der Waals surface area contributed by atoms with E-state index in [0.717, 1.165) is 0 Å². The number of hydrogen-bond acceptors (Lipinski definition) is 11. The first-order chi connectivity index (χ1) is 15.7. The molecule has 0 aromatic carbocycles. The number of aromatic nitrogens is 3. The molecule has 0 bridgehead atoms. The molecule has 5 N–H and O–H groups in total. The van der Waals surface area contributed by atoms with E-state index in [-0.39, 0.29) is 31.9 Å². The van der Waals surface area contributed by atoms with Crippen LogP contribution >= 0.6 is 0 Å². The van der Waals surface area contributed by atoms with Crippen LogP contribution in [-0.2, 0) is 23.7 Å². The third kappa shape index (κ3) is 5.23. The summed E-state index contributed by atoms with van der Waals surface area (Å²) >= 11 is 0. The molecule has 1 aliphatic heterocycles. The van der Waals surface area contributed by atoms with Crippen LogP contribution in [0.25, 0.3) is 5.52 Å². The second-order valence-corrected chi connectivity index (χ2v) is 7.97. The molecule has 1 aliphatic rings. The van der Waals surface area contributed by atoms with E-state index in [0.29, 0.717) is 11.2 Å². The van der Waals surface area contributed by atoms with E-state index in [1.54, 1.807) is 26.0 Å². The van der Waals surface area contributed by atoms with Crippen molar-refractivity contribution < 1.29 is 38.3 Å². The van der Waals surface area contributed by atoms with E-state index in [2.05, 4.69) is 15.4 Å². The first kappa shape index (κ1) is 25.2. The third-order valence-electron chi connectivity index (χ3n) is 5.62. The Bertz CT molecular complexity index is 947. The van der Waals surface area contributed by atoms with Crippen LogP contribution in [0.15, 0.2) is 18.5 Å². The number of carbonyl (C=O) groups excluding carboxylic acids is 1. The number of ether oxygens (including phenoxy) is 4. The zero-order valence-corrected chi connectivity index (χ0v) is 18.7. The summed E-state index contributed by atoms with van der Waals surface area (Å²) < 4.78 is 36.8. The minimum Gasteiger partial charge on any atom is -0.462 e. The normalized spacial score (nSPS) is 27.0. The highest BCUT2D eigenvalue weighted by molar-refractivity contribution is 5.75. The number of nitrogens with zero attached hydrogens (tertiary/aromatic N) is 3. The molecule has 0 spiro atoms. The van der Waals surface area contributed by atoms with E-state index in [1.165, 1.54) is 18.0 Å². The molecular formula is C20H30FN5O7. The van der Waals surface area contributed by atoms with E-state index in [4.69, 9.17) is 24.7 Å². The minimum atomic E-state index is -1.81. The van der Waals surface area contributed by atoms with Crippen LogP contribution in [0.4, 0.5) is 10.2 Å². The van der Waals surface area contributed by atoms with Crippen molar-refractivity contribution in [2.75, 3.05) is 39.5 Å². The summed E-state index contributed by atoms with van der Waals surface area (Å²) in [6.07, 6.45) is -3.09. The molecule has 6 atom stereocenters. The predicted octanol–water partition coefficient (Wildman–Crippen LogP) is -0.657. The number of methoxy groups -OCH3 is 1. The van der Waals surface area contributed by atoms with Crippen molar-refractivity contribution in [3.05, 3.63) is 24.2 Å². The third-order valence-corrected chi connectivity index (χ3v) is 5.62. The maximum atomic E-state index is 14.1. The Kier molecular flexibility index (Phi) is 8.15. The first-order valence-electron chi connectivity index (χ1n) is 10.4. The number of hydrogen-bond donors (Lipinski definition) is 4. The Morgan fingerprint density at radius 3 is 2.88 bits per heavy atom. The first-order valence-corrected chi connectivity index (χ1v) is 10.4. The van der Waals surface area contributed by atoms with Gasteiger partial charge in [-0.15, -0.1) is 0 Å². The van der Waals surface area contributed by atoms with Crippen LogP contribution in [0, 0.1) is 0 Å². The largest absolute Gasteiger partial charge is 0.462 e. The molecule has 184 valence electrons. The Morgan fingerprint density at radius 2 is 2.18 bits per heavy atom. The van der Waals surface area contributed by atoms with Gasteiger partial charge in [-0.05, 0) is 26.0 Å². The van der Waals surface area contributed by atoms with Gasteiger partial charge in [0.15, 0.2) is 5.82 Å². The van der Waals surface area contributed by atoms with E-state index in [1.807, 2.05) is 0 Å². The highest BCUT2D eigenvalue weighted by Crippen LogP contribution is 2.41. The maximum Gasteiger partial charge on any atom is 0.323 e. The van der Waals surface area contributed by atoms with Gasteiger partial charge in [0.25, 0.3) is 0 Å². The van der Waals surface area contributed by atoms with Crippen LogP contribution in [0.1, 0.15) is 25.6 Å². The van der Waals surface area contributed by atoms with Gasteiger partial charge in [-0.2, -0.15) is 5.10 Å². The number of fused-ring (bicyclic) bond motifs is 1. The van der Waals surface area contributed by atoms with Crippen molar-refractivity contribution in [1.82, 2.24) is 19.9 Å². The van der Waals surface area contributed by atoms with Gasteiger partial charge in [0.1, 0.15) is 55.1 Å². The summed E-state index contributed by atoms with van der Waals surface area (Å²) in [5, 5.41) is 28.1. The second kappa shape index (κ2) is 10.7. The van der Waals surface area contributed by atoms with E-state index in [9.17, 15) is 19.4 Å². The zero-order valence-electron chi connectivity index (χ0n) is 18.7. The molecule has 0 unspecified atom stereocenters. The number of anilines is 1. The highest BCUT2D eigenvalue weighted by atomic mass is 19.1. The standard InChI is InChI=1S/C20H30FN5O7/c1-11(30-3)6-32-19(29)12(2)24-10-31-8-20(7-21)17(28)15(27)16(33-20)13-4-5-14-18(22)23-9-25-26(13)14/h4-5,9,11-12,15-17,24,27-28H,6-8,10H2,1-3H3,(H2,22,23,25)/t11-,12-,15-,16-,17-,20+/m0/s1. The second-order valence-electron chi connectivity index (χ2n) is 7.97. The SMILES string of the molecule is CO[C@@H](C)COC(=O)[C@H](C)NCOC[C@@]1(CF)O[C@@H](c2ccc3c(N)ncnn23)[C@H](O)[C@@H]1O. The lowest BCUT2D eigenvalue weighted by Gasteiger charge is -2.29. The zero-order chi connectivity index (χ0) is 24.2. The number of nitrogen functional groups attached to an aromatic ring is 1. The number of rotatable bonds is 11. The fourth-order valence-electron chi connectivity index (χ4n) is 3.44. The Balaban J connectivity index is 1.59. The molecule has 33 heavy (non-hydrogen) atoms. The van der Waals surface area contributed by atoms with Crippen molar-refractivity contribution in [3.8, 4) is 0 Å². The van der Waals surface area contributed by atoms with Crippen molar-refractivity contribution in [2.24, 2.45) is 0 Å². The summed E-state index contributed by atoms with van der Waals surface area (Å²) in [4.78, 5) is 15.9. The van der Waals surface area contributed by atoms with E-state index < -0.39 is 42.6 Å². The van der Waals surface area contributed by atoms with Gasteiger partial charge in [0.05, 0.1) is 25.1 Å². The lowest BCUT2D eigenvalue weighted by atomic mass is 9.96. The molecule has 0 aliphatic carbocycles. The number of halogens is 1. The van der Waals surface area contributed by atoms with Gasteiger partial charge in [-0.25, -0.2) is 13.9 Å². The molecule has 2 aromatic rings. The van der Waals surface area contributed by atoms with Crippen LogP contribution in [-0.4, -0.2) is 94.5 Å². The monoisotopic (exact) mass is 471 g/mol. The van der Waals surface area contributed by atoms with Crippen LogP contribution in [0.3, 0.4) is 0 Å². The van der Waals surface area contributed by atoms with Gasteiger partial charge in [-0.3, -0.25) is 10.1 Å². The summed E-state index contributed by atoms with van der Waals surface area (Å²) in [6, 6.07) is 2.55. The minimum absolute atomic E-state index is 0.109. The molecular weight excluding hydrogens is 441 g/mol. The van der Waals surface area contributed by atoms with Crippen molar-refractivity contribution in [3.63, 3.8) is 0 Å². The molecule has 3 heterocycles. The predicted molar refractivity (Wildman–Crippen MR) is 113 cm³/mol. The van der Waals surface area contributed by atoms with Gasteiger partial charge in [-0.1, -0.05) is 0 Å². The van der Waals surface area contributed by atoms with Gasteiger partial charge in [0, 0.05) is 7.11 Å². The number of nitrogens with two attached hydrogens (primary N) is 1. The fourth-order valence-corrected chi connectivity index (χ4v) is 3.44. The molecule has 3 rings (SSSR count). The topological polar surface area (TPSA) is 163 Å². The average Bonchev–Trinajstić information content (AvgIpc) is 3.35. The molecule has 12 nitrogen and oxygen atoms in total. The molecule has 2 aromatic heterocycles. The highest BCUT2D eigenvalue weighted by Gasteiger charge is 2.55. The smallest absolute Gasteiger partial charge is 0.323 e. The Morgan fingerprint density at radius 1 is 1.42 bits per heavy atom. The number of esters is 1. The lowest BCUT2D eigenvalue weighted by molar-refractivity contribution is -0.151. The van der Waals surface area contributed by atoms with Gasteiger partial charge in [0.2, 0.25) is 0 Å². The number of carbonyl (C=O) groups is 1. The van der Waals surface area contributed by atoms with Gasteiger partial charge < -0.3 is 34.9 Å². The summed E-state index contributed by atoms with van der Waals surface area (Å²) in [6.45, 7) is 1.81. The summed E-state index contributed by atoms with van der Waals surface area (Å²) in [5.41, 5.74) is 4.87. The average molecular weight is 471 g/mol. The maximum absolute atomic E-state index is 14.1. The Labute approximate surface area is 189 Å². The number of aliphatic hydroxyl groups is 2. The Hall–Kier alpha value is -2.42. The molecule has 13 heteroatoms. The van der Waals surface area contributed by atoms with Crippen molar-refractivity contribution in [1.29, 1.82) is 0 Å². The van der Waals surface area contributed by atoms with Crippen molar-refractivity contribution in [2.45, 2.75) is 49.9 Å². The molecule has 0 radical (unpaired) electrons. The fraction of sp³-hybridized carbons (Fsp3) is 0.650. The molecule has 0 saturated carbocycles. The van der Waals surface area contributed by atoms with Crippen molar-refractivity contribution >= 4 is 17.3 Å². The molecule has 1 fully saturated rings. The number of alkyl halides is 1. The van der Waals surface area contributed by atoms with Crippen LogP contribution in [0.2, 0.25) is 0 Å². The lowest BCUT2D eigenvalue weighted by Crippen LogP contribution is -2.50. The van der Waals surface area contributed by atoms with E-state index >= 15 is 0 Å².